The molecule has 0 saturated carbocycles. The first-order chi connectivity index (χ1) is 18.7. The topological polar surface area (TPSA) is 73.1 Å². The maximum atomic E-state index is 12.7. The van der Waals surface area contributed by atoms with Crippen LogP contribution in [0.25, 0.3) is 22.5 Å². The molecule has 7 nitrogen and oxygen atoms in total. The Balaban J connectivity index is 1.56. The molecule has 3 heterocycles. The van der Waals surface area contributed by atoms with Gasteiger partial charge in [-0.1, -0.05) is 47.5 Å². The third-order valence-corrected chi connectivity index (χ3v) is 7.71. The first-order valence-electron chi connectivity index (χ1n) is 13.4. The normalized spacial score (nSPS) is 14.4. The molecular weight excluding hydrogens is 506 g/mol. The van der Waals surface area contributed by atoms with Gasteiger partial charge in [0, 0.05) is 47.6 Å². The van der Waals surface area contributed by atoms with Crippen LogP contribution in [0.2, 0.25) is 0 Å². The summed E-state index contributed by atoms with van der Waals surface area (Å²) in [6.45, 7) is 11.1. The minimum Gasteiger partial charge on any atom is -0.444 e. The lowest BCUT2D eigenvalue weighted by molar-refractivity contribution is 0.0204. The monoisotopic (exact) mass is 541 g/mol. The van der Waals surface area contributed by atoms with E-state index in [0.29, 0.717) is 13.1 Å². The van der Waals surface area contributed by atoms with Gasteiger partial charge in [-0.2, -0.15) is 5.10 Å². The molecule has 2 aromatic carbocycles. The van der Waals surface area contributed by atoms with Crippen LogP contribution in [0.3, 0.4) is 0 Å². The van der Waals surface area contributed by atoms with Crippen molar-refractivity contribution in [1.82, 2.24) is 24.1 Å². The molecule has 1 saturated heterocycles. The molecule has 4 aromatic rings. The Hall–Kier alpha value is -3.65. The zero-order chi connectivity index (χ0) is 27.6. The summed E-state index contributed by atoms with van der Waals surface area (Å²) in [6, 6.07) is 19.0. The Morgan fingerprint density at radius 1 is 0.949 bits per heavy atom. The summed E-state index contributed by atoms with van der Waals surface area (Å²) in [6.07, 6.45) is 4.72. The van der Waals surface area contributed by atoms with E-state index >= 15 is 0 Å². The minimum atomic E-state index is -0.511. The highest BCUT2D eigenvalue weighted by Crippen LogP contribution is 2.43. The highest BCUT2D eigenvalue weighted by molar-refractivity contribution is 7.97. The van der Waals surface area contributed by atoms with E-state index < -0.39 is 5.60 Å². The van der Waals surface area contributed by atoms with Crippen LogP contribution in [-0.4, -0.2) is 48.8 Å². The SMILES string of the molecule is Cc1ccc(Sn2nc(C3CCN(C(=O)OC(C)(C)C)CC3)c(-c3ccncn3)c2-c2ccc(C)cc2)cc1. The van der Waals surface area contributed by atoms with E-state index in [9.17, 15) is 4.79 Å². The molecule has 39 heavy (non-hydrogen) atoms. The summed E-state index contributed by atoms with van der Waals surface area (Å²) in [5.74, 6) is 0.178. The van der Waals surface area contributed by atoms with Crippen molar-refractivity contribution in [1.29, 1.82) is 0 Å². The van der Waals surface area contributed by atoms with Crippen molar-refractivity contribution in [3.63, 3.8) is 0 Å². The fourth-order valence-electron chi connectivity index (χ4n) is 4.78. The number of hydrogen-bond acceptors (Lipinski definition) is 6. The van der Waals surface area contributed by atoms with E-state index in [0.717, 1.165) is 45.9 Å². The number of aromatic nitrogens is 4. The van der Waals surface area contributed by atoms with Crippen LogP contribution in [0.1, 0.15) is 56.4 Å². The van der Waals surface area contributed by atoms with Gasteiger partial charge in [0.1, 0.15) is 11.9 Å². The number of carbonyl (C=O) groups is 1. The van der Waals surface area contributed by atoms with Gasteiger partial charge in [0.15, 0.2) is 0 Å². The number of ether oxygens (including phenoxy) is 1. The number of likely N-dealkylation sites (tertiary alicyclic amines) is 1. The van der Waals surface area contributed by atoms with Crippen molar-refractivity contribution in [2.24, 2.45) is 0 Å². The van der Waals surface area contributed by atoms with Crippen molar-refractivity contribution in [3.05, 3.63) is 83.9 Å². The van der Waals surface area contributed by atoms with E-state index in [1.807, 2.05) is 35.8 Å². The van der Waals surface area contributed by atoms with Crippen molar-refractivity contribution in [2.75, 3.05) is 13.1 Å². The van der Waals surface area contributed by atoms with Gasteiger partial charge in [-0.3, -0.25) is 0 Å². The Bertz CT molecular complexity index is 1420. The molecule has 1 aliphatic heterocycles. The summed E-state index contributed by atoms with van der Waals surface area (Å²) in [5.41, 5.74) is 6.89. The molecule has 202 valence electrons. The van der Waals surface area contributed by atoms with Crippen LogP contribution < -0.4 is 0 Å². The van der Waals surface area contributed by atoms with Gasteiger partial charge in [-0.25, -0.2) is 18.8 Å². The van der Waals surface area contributed by atoms with Gasteiger partial charge in [-0.05, 0) is 65.7 Å². The molecule has 0 atom stereocenters. The van der Waals surface area contributed by atoms with Gasteiger partial charge in [-0.15, -0.1) is 0 Å². The van der Waals surface area contributed by atoms with E-state index in [-0.39, 0.29) is 12.0 Å². The van der Waals surface area contributed by atoms with E-state index in [1.165, 1.54) is 11.1 Å². The molecule has 0 radical (unpaired) electrons. The fourth-order valence-corrected chi connectivity index (χ4v) is 5.66. The van der Waals surface area contributed by atoms with E-state index in [1.54, 1.807) is 24.5 Å². The first kappa shape index (κ1) is 26.9. The Morgan fingerprint density at radius 3 is 2.18 bits per heavy atom. The molecule has 0 aliphatic carbocycles. The summed E-state index contributed by atoms with van der Waals surface area (Å²) >= 11 is 1.61. The van der Waals surface area contributed by atoms with Crippen LogP contribution in [0, 0.1) is 13.8 Å². The van der Waals surface area contributed by atoms with Gasteiger partial charge < -0.3 is 9.64 Å². The number of benzene rings is 2. The second kappa shape index (κ2) is 11.2. The van der Waals surface area contributed by atoms with Gasteiger partial charge >= 0.3 is 6.09 Å². The maximum Gasteiger partial charge on any atom is 0.410 e. The van der Waals surface area contributed by atoms with Crippen LogP contribution in [-0.2, 0) is 4.74 Å². The Kier molecular flexibility index (Phi) is 7.75. The highest BCUT2D eigenvalue weighted by Gasteiger charge is 2.32. The van der Waals surface area contributed by atoms with Crippen molar-refractivity contribution < 1.29 is 9.53 Å². The summed E-state index contributed by atoms with van der Waals surface area (Å²) in [5, 5.41) is 5.24. The molecule has 2 aromatic heterocycles. The number of piperidine rings is 1. The lowest BCUT2D eigenvalue weighted by Crippen LogP contribution is -2.41. The largest absolute Gasteiger partial charge is 0.444 e. The molecule has 0 unspecified atom stereocenters. The third-order valence-electron chi connectivity index (χ3n) is 6.79. The van der Waals surface area contributed by atoms with Gasteiger partial charge in [0.25, 0.3) is 0 Å². The quantitative estimate of drug-likeness (QED) is 0.264. The highest BCUT2D eigenvalue weighted by atomic mass is 32.2. The molecule has 1 aliphatic rings. The predicted molar refractivity (Wildman–Crippen MR) is 156 cm³/mol. The second-order valence-electron chi connectivity index (χ2n) is 11.1. The van der Waals surface area contributed by atoms with Gasteiger partial charge in [0.05, 0.1) is 22.6 Å². The number of carbonyl (C=O) groups excluding carboxylic acids is 1. The summed E-state index contributed by atoms with van der Waals surface area (Å²) in [4.78, 5) is 24.5. The Morgan fingerprint density at radius 2 is 1.59 bits per heavy atom. The zero-order valence-corrected chi connectivity index (χ0v) is 24.0. The Labute approximate surface area is 234 Å². The van der Waals surface area contributed by atoms with Gasteiger partial charge in [0.2, 0.25) is 0 Å². The molecule has 1 fully saturated rings. The minimum absolute atomic E-state index is 0.178. The zero-order valence-electron chi connectivity index (χ0n) is 23.2. The lowest BCUT2D eigenvalue weighted by atomic mass is 9.89. The number of aryl methyl sites for hydroxylation is 2. The number of nitrogens with zero attached hydrogens (tertiary/aromatic N) is 5. The van der Waals surface area contributed by atoms with Crippen LogP contribution >= 0.6 is 11.9 Å². The standard InChI is InChI=1S/C31H35N5O2S/c1-21-6-10-24(11-7-21)29-27(26-14-17-32-20-33-26)28(34-36(29)39-25-12-8-22(2)9-13-25)23-15-18-35(19-16-23)30(37)38-31(3,4)5/h6-14,17,20,23H,15-16,18-19H2,1-5H3. The van der Waals surface area contributed by atoms with Crippen molar-refractivity contribution >= 4 is 18.0 Å². The third kappa shape index (κ3) is 6.33. The molecule has 0 N–H and O–H groups in total. The molecule has 0 spiro atoms. The lowest BCUT2D eigenvalue weighted by Gasteiger charge is -2.33. The predicted octanol–water partition coefficient (Wildman–Crippen LogP) is 7.29. The maximum absolute atomic E-state index is 12.7. The fraction of sp³-hybridized carbons (Fsp3) is 0.355. The number of hydrogen-bond donors (Lipinski definition) is 0. The summed E-state index contributed by atoms with van der Waals surface area (Å²) < 4.78 is 7.67. The summed E-state index contributed by atoms with van der Waals surface area (Å²) in [7, 11) is 0. The molecule has 0 bridgehead atoms. The van der Waals surface area contributed by atoms with E-state index in [2.05, 4.69) is 72.3 Å². The van der Waals surface area contributed by atoms with Crippen LogP contribution in [0.4, 0.5) is 4.79 Å². The van der Waals surface area contributed by atoms with Crippen LogP contribution in [0.5, 0.6) is 0 Å². The molecular formula is C31H35N5O2S. The van der Waals surface area contributed by atoms with Crippen LogP contribution in [0.15, 0.2) is 72.0 Å². The van der Waals surface area contributed by atoms with Crippen molar-refractivity contribution in [3.8, 4) is 22.5 Å². The molecule has 1 amide bonds. The first-order valence-corrected chi connectivity index (χ1v) is 14.1. The average Bonchev–Trinajstić information content (AvgIpc) is 3.29. The molecule has 8 heteroatoms. The molecule has 5 rings (SSSR count). The number of amides is 1. The second-order valence-corrected chi connectivity index (χ2v) is 12.1. The number of rotatable bonds is 5. The average molecular weight is 542 g/mol. The van der Waals surface area contributed by atoms with Crippen molar-refractivity contribution in [2.45, 2.75) is 63.9 Å². The smallest absolute Gasteiger partial charge is 0.410 e. The van der Waals surface area contributed by atoms with E-state index in [4.69, 9.17) is 9.84 Å².